The maximum atomic E-state index is 13.8. The molecule has 2 aliphatic heterocycles. The molecule has 3 amide bonds. The third-order valence-corrected chi connectivity index (χ3v) is 7.38. The van der Waals surface area contributed by atoms with Crippen LogP contribution in [0, 0.1) is 5.82 Å². The fourth-order valence-corrected chi connectivity index (χ4v) is 5.26. The number of amides is 3. The predicted molar refractivity (Wildman–Crippen MR) is 147 cm³/mol. The van der Waals surface area contributed by atoms with Crippen molar-refractivity contribution in [2.24, 2.45) is 0 Å². The minimum Gasteiger partial charge on any atom is -0.465 e. The van der Waals surface area contributed by atoms with Gasteiger partial charge in [-0.05, 0) is 36.6 Å². The Kier molecular flexibility index (Phi) is 7.29. The van der Waals surface area contributed by atoms with E-state index in [-0.39, 0.29) is 17.8 Å². The molecule has 41 heavy (non-hydrogen) atoms. The van der Waals surface area contributed by atoms with Crippen LogP contribution >= 0.6 is 0 Å². The van der Waals surface area contributed by atoms with Crippen LogP contribution in [0.25, 0.3) is 11.0 Å². The Hall–Kier alpha value is -4.85. The van der Waals surface area contributed by atoms with E-state index in [0.717, 1.165) is 28.6 Å². The van der Waals surface area contributed by atoms with Crippen LogP contribution in [0.1, 0.15) is 30.6 Å². The molecule has 1 unspecified atom stereocenters. The molecule has 0 aliphatic carbocycles. The van der Waals surface area contributed by atoms with Crippen molar-refractivity contribution >= 4 is 40.4 Å². The topological polar surface area (TPSA) is 151 Å². The molecule has 0 spiro atoms. The summed E-state index contributed by atoms with van der Waals surface area (Å²) in [4.78, 5) is 39.9. The van der Waals surface area contributed by atoms with E-state index in [2.05, 4.69) is 35.6 Å². The summed E-state index contributed by atoms with van der Waals surface area (Å²) in [5.74, 6) is 0.155. The van der Waals surface area contributed by atoms with Crippen LogP contribution in [0.3, 0.4) is 0 Å². The highest BCUT2D eigenvalue weighted by molar-refractivity contribution is 5.99. The van der Waals surface area contributed by atoms with Gasteiger partial charge in [0.1, 0.15) is 18.2 Å². The van der Waals surface area contributed by atoms with Crippen LogP contribution in [0.2, 0.25) is 0 Å². The number of halogens is 1. The molecule has 0 saturated carbocycles. The Morgan fingerprint density at radius 1 is 1.02 bits per heavy atom. The number of urea groups is 1. The first-order valence-electron chi connectivity index (χ1n) is 13.3. The Balaban J connectivity index is 1.12. The van der Waals surface area contributed by atoms with E-state index in [1.54, 1.807) is 18.3 Å². The lowest BCUT2D eigenvalue weighted by atomic mass is 10.1. The SMILES string of the molecule is O=C(Nc1ccc(C2CN(c3ncnc4c3cnn4C3CCN(C(=O)O)CC3)CCO2)cc1)Nc1ccncc1F. The molecule has 212 valence electrons. The molecule has 13 nitrogen and oxygen atoms in total. The lowest BCUT2D eigenvalue weighted by molar-refractivity contribution is 0.0396. The van der Waals surface area contributed by atoms with E-state index < -0.39 is 17.9 Å². The fourth-order valence-electron chi connectivity index (χ4n) is 5.26. The number of hydrogen-bond donors (Lipinski definition) is 3. The molecule has 2 saturated heterocycles. The minimum atomic E-state index is -0.894. The standard InChI is InChI=1S/C27H28FN9O4/c28-21-14-29-8-5-22(21)34-26(38)33-18-3-1-17(2-4-18)23-15-36(11-12-41-23)24-20-13-32-37(25(20)31-16-30-24)19-6-9-35(10-7-19)27(39)40/h1-5,8,13-14,16,19,23H,6-7,9-12,15H2,(H,39,40)(H2,29,33,34,38). The number of carbonyl (C=O) groups excluding carboxylic acids is 1. The highest BCUT2D eigenvalue weighted by Gasteiger charge is 2.28. The number of carboxylic acid groups (broad SMARTS) is 1. The number of hydrogen-bond acceptors (Lipinski definition) is 8. The number of piperidine rings is 1. The first-order chi connectivity index (χ1) is 20.0. The number of fused-ring (bicyclic) bond motifs is 1. The van der Waals surface area contributed by atoms with Crippen LogP contribution in [0.5, 0.6) is 0 Å². The summed E-state index contributed by atoms with van der Waals surface area (Å²) in [6.45, 7) is 2.64. The molecule has 3 N–H and O–H groups in total. The van der Waals surface area contributed by atoms with Crippen LogP contribution in [0.4, 0.5) is 31.2 Å². The summed E-state index contributed by atoms with van der Waals surface area (Å²) in [5, 5.41) is 19.9. The number of nitrogens with zero attached hydrogens (tertiary/aromatic N) is 7. The van der Waals surface area contributed by atoms with Gasteiger partial charge in [0, 0.05) is 38.1 Å². The minimum absolute atomic E-state index is 0.0396. The number of aromatic nitrogens is 5. The molecular formula is C27H28FN9O4. The number of morpholine rings is 1. The van der Waals surface area contributed by atoms with Gasteiger partial charge in [-0.15, -0.1) is 0 Å². The molecule has 6 rings (SSSR count). The number of pyridine rings is 1. The number of likely N-dealkylation sites (tertiary alicyclic amines) is 1. The molecule has 14 heteroatoms. The second kappa shape index (κ2) is 11.3. The van der Waals surface area contributed by atoms with Gasteiger partial charge < -0.3 is 30.3 Å². The lowest BCUT2D eigenvalue weighted by Gasteiger charge is -2.34. The first kappa shape index (κ1) is 26.4. The van der Waals surface area contributed by atoms with Gasteiger partial charge >= 0.3 is 12.1 Å². The van der Waals surface area contributed by atoms with Gasteiger partial charge in [0.2, 0.25) is 0 Å². The molecule has 1 atom stereocenters. The van der Waals surface area contributed by atoms with E-state index in [1.807, 2.05) is 16.8 Å². The largest absolute Gasteiger partial charge is 0.465 e. The van der Waals surface area contributed by atoms with Gasteiger partial charge in [0.15, 0.2) is 11.5 Å². The smallest absolute Gasteiger partial charge is 0.407 e. The Bertz CT molecular complexity index is 1560. The number of carbonyl (C=O) groups is 2. The summed E-state index contributed by atoms with van der Waals surface area (Å²) >= 11 is 0. The van der Waals surface area contributed by atoms with Crippen LogP contribution < -0.4 is 15.5 Å². The molecule has 0 bridgehead atoms. The highest BCUT2D eigenvalue weighted by atomic mass is 19.1. The molecule has 5 heterocycles. The average Bonchev–Trinajstić information content (AvgIpc) is 3.43. The van der Waals surface area contributed by atoms with Gasteiger partial charge in [-0.2, -0.15) is 5.10 Å². The van der Waals surface area contributed by atoms with Crippen molar-refractivity contribution < 1.29 is 23.8 Å². The average molecular weight is 562 g/mol. The lowest BCUT2D eigenvalue weighted by Crippen LogP contribution is -2.39. The Morgan fingerprint density at radius 2 is 1.83 bits per heavy atom. The van der Waals surface area contributed by atoms with Crippen molar-refractivity contribution in [3.05, 3.63) is 66.6 Å². The van der Waals surface area contributed by atoms with Crippen molar-refractivity contribution in [1.29, 1.82) is 0 Å². The van der Waals surface area contributed by atoms with Crippen LogP contribution in [0.15, 0.2) is 55.2 Å². The predicted octanol–water partition coefficient (Wildman–Crippen LogP) is 3.90. The molecule has 4 aromatic rings. The van der Waals surface area contributed by atoms with Crippen molar-refractivity contribution in [3.8, 4) is 0 Å². The maximum Gasteiger partial charge on any atom is 0.407 e. The number of anilines is 3. The zero-order valence-corrected chi connectivity index (χ0v) is 22.0. The van der Waals surface area contributed by atoms with Crippen LogP contribution in [-0.2, 0) is 4.74 Å². The van der Waals surface area contributed by atoms with Gasteiger partial charge in [-0.3, -0.25) is 4.98 Å². The molecule has 0 radical (unpaired) electrons. The first-order valence-corrected chi connectivity index (χ1v) is 13.3. The molecular weight excluding hydrogens is 533 g/mol. The highest BCUT2D eigenvalue weighted by Crippen LogP contribution is 2.32. The second-order valence-electron chi connectivity index (χ2n) is 9.89. The number of nitrogens with one attached hydrogen (secondary N) is 2. The van der Waals surface area contributed by atoms with E-state index >= 15 is 0 Å². The zero-order valence-electron chi connectivity index (χ0n) is 22.0. The van der Waals surface area contributed by atoms with Crippen molar-refractivity contribution in [1.82, 2.24) is 29.6 Å². The molecule has 3 aromatic heterocycles. The normalized spacial score (nSPS) is 17.9. The third-order valence-electron chi connectivity index (χ3n) is 7.38. The maximum absolute atomic E-state index is 13.8. The van der Waals surface area contributed by atoms with E-state index in [9.17, 15) is 19.1 Å². The quantitative estimate of drug-likeness (QED) is 0.330. The van der Waals surface area contributed by atoms with Crippen molar-refractivity contribution in [2.75, 3.05) is 48.3 Å². The number of rotatable bonds is 5. The number of ether oxygens (including phenoxy) is 1. The van der Waals surface area contributed by atoms with Crippen molar-refractivity contribution in [3.63, 3.8) is 0 Å². The summed E-state index contributed by atoms with van der Waals surface area (Å²) in [5.41, 5.74) is 2.25. The molecule has 2 fully saturated rings. The van der Waals surface area contributed by atoms with Crippen LogP contribution in [-0.4, -0.2) is 79.6 Å². The van der Waals surface area contributed by atoms with Gasteiger partial charge in [-0.25, -0.2) is 28.6 Å². The molecule has 1 aromatic carbocycles. The van der Waals surface area contributed by atoms with Crippen molar-refractivity contribution in [2.45, 2.75) is 25.0 Å². The summed E-state index contributed by atoms with van der Waals surface area (Å²) in [6, 6.07) is 8.18. The van der Waals surface area contributed by atoms with Gasteiger partial charge in [-0.1, -0.05) is 12.1 Å². The Labute approximate surface area is 234 Å². The second-order valence-corrected chi connectivity index (χ2v) is 9.89. The van der Waals surface area contributed by atoms with E-state index in [1.165, 1.54) is 23.5 Å². The monoisotopic (exact) mass is 561 g/mol. The summed E-state index contributed by atoms with van der Waals surface area (Å²) < 4.78 is 21.7. The van der Waals surface area contributed by atoms with Gasteiger partial charge in [0.05, 0.1) is 36.1 Å². The Morgan fingerprint density at radius 3 is 2.59 bits per heavy atom. The number of benzene rings is 1. The van der Waals surface area contributed by atoms with E-state index in [0.29, 0.717) is 51.3 Å². The third kappa shape index (κ3) is 5.59. The van der Waals surface area contributed by atoms with E-state index in [4.69, 9.17) is 4.74 Å². The zero-order chi connectivity index (χ0) is 28.3. The fraction of sp³-hybridized carbons (Fsp3) is 0.333. The van der Waals surface area contributed by atoms with Gasteiger partial charge in [0.25, 0.3) is 0 Å². The summed E-state index contributed by atoms with van der Waals surface area (Å²) in [7, 11) is 0. The summed E-state index contributed by atoms with van der Waals surface area (Å²) in [6.07, 6.45) is 5.98. The molecule has 2 aliphatic rings.